The van der Waals surface area contributed by atoms with Crippen molar-refractivity contribution < 1.29 is 4.79 Å². The van der Waals surface area contributed by atoms with E-state index in [-0.39, 0.29) is 11.9 Å². The predicted octanol–water partition coefficient (Wildman–Crippen LogP) is 1.70. The van der Waals surface area contributed by atoms with Gasteiger partial charge in [-0.25, -0.2) is 0 Å². The van der Waals surface area contributed by atoms with Crippen LogP contribution in [-0.4, -0.2) is 61.8 Å². The Morgan fingerprint density at radius 3 is 2.96 bits per heavy atom. The van der Waals surface area contributed by atoms with Gasteiger partial charge in [0.25, 0.3) is 5.91 Å². The maximum absolute atomic E-state index is 13.0. The number of nitrogens with one attached hydrogen (secondary N) is 1. The van der Waals surface area contributed by atoms with E-state index in [1.807, 2.05) is 35.4 Å². The van der Waals surface area contributed by atoms with Gasteiger partial charge in [-0.05, 0) is 30.7 Å². The van der Waals surface area contributed by atoms with Crippen LogP contribution in [0.3, 0.4) is 0 Å². The summed E-state index contributed by atoms with van der Waals surface area (Å²) in [6.45, 7) is 5.35. The number of carbonyl (C=O) groups is 1. The van der Waals surface area contributed by atoms with E-state index in [1.54, 1.807) is 6.20 Å². The van der Waals surface area contributed by atoms with Crippen molar-refractivity contribution in [2.24, 2.45) is 0 Å². The van der Waals surface area contributed by atoms with Crippen LogP contribution < -0.4 is 0 Å². The second-order valence-corrected chi connectivity index (χ2v) is 6.44. The van der Waals surface area contributed by atoms with Gasteiger partial charge in [0.1, 0.15) is 11.0 Å². The van der Waals surface area contributed by atoms with Gasteiger partial charge in [-0.1, -0.05) is 12.1 Å². The Kier molecular flexibility index (Phi) is 4.15. The molecule has 1 aromatic carbocycles. The Morgan fingerprint density at radius 1 is 1.24 bits per heavy atom. The summed E-state index contributed by atoms with van der Waals surface area (Å²) in [5, 5.41) is 10.8. The minimum absolute atomic E-state index is 0.0213. The fraction of sp³-hybridized carbons (Fsp3) is 0.333. The summed E-state index contributed by atoms with van der Waals surface area (Å²) in [6, 6.07) is 9.70. The molecule has 1 amide bonds. The maximum atomic E-state index is 13.0. The van der Waals surface area contributed by atoms with E-state index < -0.39 is 0 Å². The number of carbonyl (C=O) groups excluding carboxylic acids is 1. The van der Waals surface area contributed by atoms with Gasteiger partial charge in [-0.15, -0.1) is 0 Å². The normalized spacial score (nSPS) is 18.6. The molecular formula is C18H20N6O. The molecule has 128 valence electrons. The number of para-hydroxylation sites is 1. The summed E-state index contributed by atoms with van der Waals surface area (Å²) in [4.78, 5) is 21.5. The number of rotatable bonds is 3. The van der Waals surface area contributed by atoms with Crippen LogP contribution in [0.15, 0.2) is 42.7 Å². The molecule has 7 heteroatoms. The monoisotopic (exact) mass is 336 g/mol. The van der Waals surface area contributed by atoms with E-state index in [0.717, 1.165) is 19.6 Å². The molecule has 0 saturated carbocycles. The first-order valence-electron chi connectivity index (χ1n) is 8.44. The lowest BCUT2D eigenvalue weighted by Crippen LogP contribution is -2.53. The van der Waals surface area contributed by atoms with Crippen molar-refractivity contribution in [2.75, 3.05) is 19.6 Å². The van der Waals surface area contributed by atoms with Gasteiger partial charge in [0.2, 0.25) is 0 Å². The number of aromatic nitrogens is 4. The number of hydrogen-bond acceptors (Lipinski definition) is 5. The number of H-pyrrole nitrogens is 1. The van der Waals surface area contributed by atoms with Gasteiger partial charge in [0.05, 0.1) is 5.56 Å². The molecule has 25 heavy (non-hydrogen) atoms. The molecule has 1 fully saturated rings. The highest BCUT2D eigenvalue weighted by atomic mass is 16.2. The van der Waals surface area contributed by atoms with E-state index in [1.165, 1.54) is 5.56 Å². The highest BCUT2D eigenvalue weighted by Crippen LogP contribution is 2.20. The zero-order valence-corrected chi connectivity index (χ0v) is 14.1. The van der Waals surface area contributed by atoms with Crippen molar-refractivity contribution >= 4 is 16.9 Å². The van der Waals surface area contributed by atoms with E-state index in [9.17, 15) is 4.79 Å². The van der Waals surface area contributed by atoms with Gasteiger partial charge in [-0.3, -0.25) is 14.7 Å². The summed E-state index contributed by atoms with van der Waals surface area (Å²) < 4.78 is 0. The Labute approximate surface area is 145 Å². The number of pyridine rings is 1. The van der Waals surface area contributed by atoms with Crippen molar-refractivity contribution in [3.05, 3.63) is 53.9 Å². The van der Waals surface area contributed by atoms with Crippen LogP contribution >= 0.6 is 0 Å². The van der Waals surface area contributed by atoms with Crippen LogP contribution in [0, 0.1) is 0 Å². The summed E-state index contributed by atoms with van der Waals surface area (Å²) in [6.07, 6.45) is 3.68. The average molecular weight is 336 g/mol. The van der Waals surface area contributed by atoms with Gasteiger partial charge >= 0.3 is 0 Å². The van der Waals surface area contributed by atoms with Crippen molar-refractivity contribution in [2.45, 2.75) is 19.5 Å². The lowest BCUT2D eigenvalue weighted by molar-refractivity contribution is 0.0477. The molecule has 1 aliphatic heterocycles. The second kappa shape index (κ2) is 6.60. The van der Waals surface area contributed by atoms with Crippen LogP contribution in [0.25, 0.3) is 11.0 Å². The number of nitrogens with zero attached hydrogens (tertiary/aromatic N) is 5. The molecule has 1 saturated heterocycles. The number of amides is 1. The van der Waals surface area contributed by atoms with E-state index in [4.69, 9.17) is 0 Å². The smallest absolute Gasteiger partial charge is 0.256 e. The molecule has 4 rings (SSSR count). The fourth-order valence-corrected chi connectivity index (χ4v) is 3.42. The number of aromatic amines is 1. The Hall–Kier alpha value is -2.80. The Bertz CT molecular complexity index is 877. The number of hydrogen-bond donors (Lipinski definition) is 1. The molecule has 0 aliphatic carbocycles. The zero-order chi connectivity index (χ0) is 17.2. The molecule has 0 radical (unpaired) electrons. The summed E-state index contributed by atoms with van der Waals surface area (Å²) >= 11 is 0. The highest BCUT2D eigenvalue weighted by molar-refractivity contribution is 6.04. The first-order chi connectivity index (χ1) is 12.2. The lowest BCUT2D eigenvalue weighted by Gasteiger charge is -2.40. The van der Waals surface area contributed by atoms with E-state index in [2.05, 4.69) is 38.3 Å². The SMILES string of the molecule is C[C@H]1CN(Cc2cccnc2)CCN1C(=O)c1cccc2n[nH]nc12. The fourth-order valence-electron chi connectivity index (χ4n) is 3.42. The topological polar surface area (TPSA) is 78.0 Å². The summed E-state index contributed by atoms with van der Waals surface area (Å²) in [7, 11) is 0. The largest absolute Gasteiger partial charge is 0.333 e. The summed E-state index contributed by atoms with van der Waals surface area (Å²) in [5.41, 5.74) is 3.16. The molecule has 1 atom stereocenters. The minimum Gasteiger partial charge on any atom is -0.333 e. The molecule has 3 heterocycles. The predicted molar refractivity (Wildman–Crippen MR) is 93.9 cm³/mol. The van der Waals surface area contributed by atoms with Crippen LogP contribution in [0.1, 0.15) is 22.8 Å². The van der Waals surface area contributed by atoms with Crippen molar-refractivity contribution in [1.82, 2.24) is 30.2 Å². The molecule has 7 nitrogen and oxygen atoms in total. The molecule has 0 bridgehead atoms. The molecule has 0 unspecified atom stereocenters. The molecule has 0 spiro atoms. The van der Waals surface area contributed by atoms with Gasteiger partial charge in [0, 0.05) is 44.6 Å². The third-order valence-corrected chi connectivity index (χ3v) is 4.68. The van der Waals surface area contributed by atoms with Gasteiger partial charge in [0.15, 0.2) is 0 Å². The minimum atomic E-state index is 0.0213. The Morgan fingerprint density at radius 2 is 2.16 bits per heavy atom. The number of benzene rings is 1. The molecular weight excluding hydrogens is 316 g/mol. The van der Waals surface area contributed by atoms with E-state index in [0.29, 0.717) is 23.1 Å². The first kappa shape index (κ1) is 15.7. The molecule has 1 N–H and O–H groups in total. The van der Waals surface area contributed by atoms with Crippen molar-refractivity contribution in [1.29, 1.82) is 0 Å². The van der Waals surface area contributed by atoms with E-state index >= 15 is 0 Å². The van der Waals surface area contributed by atoms with Gasteiger partial charge in [-0.2, -0.15) is 15.4 Å². The lowest BCUT2D eigenvalue weighted by atomic mass is 10.1. The quantitative estimate of drug-likeness (QED) is 0.788. The highest BCUT2D eigenvalue weighted by Gasteiger charge is 2.29. The Balaban J connectivity index is 1.47. The maximum Gasteiger partial charge on any atom is 0.256 e. The van der Waals surface area contributed by atoms with Crippen molar-refractivity contribution in [3.63, 3.8) is 0 Å². The first-order valence-corrected chi connectivity index (χ1v) is 8.44. The average Bonchev–Trinajstić information content (AvgIpc) is 3.11. The number of fused-ring (bicyclic) bond motifs is 1. The standard InChI is InChI=1S/C18H20N6O/c1-13-11-23(12-14-4-3-7-19-10-14)8-9-24(13)18(25)15-5-2-6-16-17(15)21-22-20-16/h2-7,10,13H,8-9,11-12H2,1H3,(H,20,21,22)/t13-/m0/s1. The van der Waals surface area contributed by atoms with Crippen LogP contribution in [0.5, 0.6) is 0 Å². The zero-order valence-electron chi connectivity index (χ0n) is 14.1. The molecule has 2 aromatic heterocycles. The van der Waals surface area contributed by atoms with Crippen LogP contribution in [-0.2, 0) is 6.54 Å². The number of piperazine rings is 1. The molecule has 1 aliphatic rings. The van der Waals surface area contributed by atoms with Crippen LogP contribution in [0.2, 0.25) is 0 Å². The third-order valence-electron chi connectivity index (χ3n) is 4.68. The van der Waals surface area contributed by atoms with Crippen molar-refractivity contribution in [3.8, 4) is 0 Å². The third kappa shape index (κ3) is 3.10. The molecule has 3 aromatic rings. The van der Waals surface area contributed by atoms with Gasteiger partial charge < -0.3 is 4.90 Å². The van der Waals surface area contributed by atoms with Crippen LogP contribution in [0.4, 0.5) is 0 Å². The second-order valence-electron chi connectivity index (χ2n) is 6.44. The summed E-state index contributed by atoms with van der Waals surface area (Å²) in [5.74, 6) is 0.0213.